The van der Waals surface area contributed by atoms with Crippen molar-refractivity contribution in [1.82, 2.24) is 0 Å². The molecule has 4 saturated heterocycles. The van der Waals surface area contributed by atoms with Crippen molar-refractivity contribution in [3.05, 3.63) is 48.6 Å². The molecule has 0 radical (unpaired) electrons. The van der Waals surface area contributed by atoms with Gasteiger partial charge < -0.3 is 33.5 Å². The summed E-state index contributed by atoms with van der Waals surface area (Å²) < 4.78 is 37.5. The monoisotopic (exact) mass is 432 g/mol. The van der Waals surface area contributed by atoms with Gasteiger partial charge in [-0.15, -0.1) is 6.58 Å². The van der Waals surface area contributed by atoms with Crippen LogP contribution in [0.2, 0.25) is 0 Å². The van der Waals surface area contributed by atoms with E-state index in [4.69, 9.17) is 28.4 Å². The van der Waals surface area contributed by atoms with E-state index in [2.05, 4.69) is 6.58 Å². The molecule has 0 amide bonds. The van der Waals surface area contributed by atoms with Crippen LogP contribution in [0.1, 0.15) is 44.5 Å². The van der Waals surface area contributed by atoms with Gasteiger partial charge in [-0.3, -0.25) is 0 Å². The SMILES string of the molecule is C=CC[C@@H]1O[C@]2(OC)C[C@@H]3O[C@]4(C)CO[C@@H](c5ccccc5)O[C@H]4C[C@H]3O[C@H]2C[C@@H]1O. The third-order valence-electron chi connectivity index (χ3n) is 7.14. The van der Waals surface area contributed by atoms with E-state index < -0.39 is 23.8 Å². The molecule has 170 valence electrons. The summed E-state index contributed by atoms with van der Waals surface area (Å²) in [5, 5.41) is 10.6. The summed E-state index contributed by atoms with van der Waals surface area (Å²) in [6.07, 6.45) is 1.67. The van der Waals surface area contributed by atoms with Crippen LogP contribution in [0.4, 0.5) is 0 Å². The van der Waals surface area contributed by atoms with Crippen molar-refractivity contribution in [3.8, 4) is 0 Å². The molecule has 5 rings (SSSR count). The van der Waals surface area contributed by atoms with Crippen LogP contribution < -0.4 is 0 Å². The molecule has 0 bridgehead atoms. The summed E-state index contributed by atoms with van der Waals surface area (Å²) in [5.74, 6) is -0.944. The third kappa shape index (κ3) is 3.76. The zero-order valence-electron chi connectivity index (χ0n) is 18.1. The highest BCUT2D eigenvalue weighted by Crippen LogP contribution is 2.48. The fraction of sp³-hybridized carbons (Fsp3) is 0.667. The standard InChI is InChI=1S/C24H32O7/c1-4-8-17-16(25)11-21-24(26-3,31-17)13-19-18(28-21)12-20-23(2,30-19)14-27-22(29-20)15-9-6-5-7-10-15/h4-7,9-10,16-22,25H,1,8,11-14H2,2-3H3/t16-,17-,18+,19-,20-,21-,22+,23+,24+/m0/s1. The van der Waals surface area contributed by atoms with Gasteiger partial charge in [0.1, 0.15) is 11.7 Å². The zero-order valence-corrected chi connectivity index (χ0v) is 18.1. The summed E-state index contributed by atoms with van der Waals surface area (Å²) in [6, 6.07) is 9.94. The average Bonchev–Trinajstić information content (AvgIpc) is 2.77. The van der Waals surface area contributed by atoms with Crippen molar-refractivity contribution in [1.29, 1.82) is 0 Å². The van der Waals surface area contributed by atoms with Gasteiger partial charge in [-0.2, -0.15) is 0 Å². The summed E-state index contributed by atoms with van der Waals surface area (Å²) in [5.41, 5.74) is 0.415. The molecule has 0 aliphatic carbocycles. The highest BCUT2D eigenvalue weighted by atomic mass is 16.7. The molecule has 4 heterocycles. The minimum Gasteiger partial charge on any atom is -0.390 e. The predicted octanol–water partition coefficient (Wildman–Crippen LogP) is 2.87. The van der Waals surface area contributed by atoms with Crippen LogP contribution in [-0.4, -0.2) is 66.8 Å². The van der Waals surface area contributed by atoms with Crippen LogP contribution in [0.15, 0.2) is 43.0 Å². The van der Waals surface area contributed by atoms with E-state index in [1.165, 1.54) is 0 Å². The second-order valence-electron chi connectivity index (χ2n) is 9.25. The Bertz CT molecular complexity index is 787. The first kappa shape index (κ1) is 21.5. The molecule has 1 aromatic carbocycles. The highest BCUT2D eigenvalue weighted by molar-refractivity contribution is 5.17. The topological polar surface area (TPSA) is 75.6 Å². The van der Waals surface area contributed by atoms with Crippen LogP contribution in [0.25, 0.3) is 0 Å². The second kappa shape index (κ2) is 8.23. The molecule has 1 N–H and O–H groups in total. The number of hydrogen-bond acceptors (Lipinski definition) is 7. The van der Waals surface area contributed by atoms with Gasteiger partial charge in [-0.25, -0.2) is 0 Å². The van der Waals surface area contributed by atoms with Crippen molar-refractivity contribution in [2.45, 2.75) is 86.9 Å². The minimum atomic E-state index is -0.944. The Kier molecular flexibility index (Phi) is 5.71. The lowest BCUT2D eigenvalue weighted by atomic mass is 9.80. The van der Waals surface area contributed by atoms with Crippen LogP contribution in [-0.2, 0) is 28.4 Å². The van der Waals surface area contributed by atoms with Crippen LogP contribution >= 0.6 is 0 Å². The lowest BCUT2D eigenvalue weighted by Crippen LogP contribution is -2.69. The van der Waals surface area contributed by atoms with Crippen molar-refractivity contribution in [2.24, 2.45) is 0 Å². The number of aliphatic hydroxyl groups is 1. The van der Waals surface area contributed by atoms with E-state index in [0.29, 0.717) is 32.3 Å². The first-order valence-corrected chi connectivity index (χ1v) is 11.1. The van der Waals surface area contributed by atoms with E-state index in [1.807, 2.05) is 37.3 Å². The molecule has 31 heavy (non-hydrogen) atoms. The molecule has 7 nitrogen and oxygen atoms in total. The van der Waals surface area contributed by atoms with Crippen LogP contribution in [0, 0.1) is 0 Å². The molecule has 4 aliphatic heterocycles. The maximum atomic E-state index is 10.6. The van der Waals surface area contributed by atoms with E-state index in [-0.39, 0.29) is 30.5 Å². The van der Waals surface area contributed by atoms with Crippen molar-refractivity contribution >= 4 is 0 Å². The lowest BCUT2D eigenvalue weighted by Gasteiger charge is -2.58. The Morgan fingerprint density at radius 2 is 1.94 bits per heavy atom. The van der Waals surface area contributed by atoms with Crippen LogP contribution in [0.3, 0.4) is 0 Å². The molecule has 0 saturated carbocycles. The predicted molar refractivity (Wildman–Crippen MR) is 111 cm³/mol. The minimum absolute atomic E-state index is 0.160. The molecule has 9 atom stereocenters. The quantitative estimate of drug-likeness (QED) is 0.734. The second-order valence-corrected chi connectivity index (χ2v) is 9.25. The molecule has 0 aromatic heterocycles. The first-order valence-electron chi connectivity index (χ1n) is 11.1. The summed E-state index contributed by atoms with van der Waals surface area (Å²) in [6.45, 7) is 6.24. The van der Waals surface area contributed by atoms with Crippen molar-refractivity contribution < 1.29 is 33.5 Å². The number of benzene rings is 1. The Balaban J connectivity index is 1.33. The molecule has 0 spiro atoms. The number of rotatable bonds is 4. The van der Waals surface area contributed by atoms with Gasteiger partial charge >= 0.3 is 0 Å². The Labute approximate surface area is 183 Å². The van der Waals surface area contributed by atoms with Gasteiger partial charge in [0.25, 0.3) is 0 Å². The van der Waals surface area contributed by atoms with Gasteiger partial charge in [-0.1, -0.05) is 36.4 Å². The molecule has 0 unspecified atom stereocenters. The third-order valence-corrected chi connectivity index (χ3v) is 7.14. The molecular weight excluding hydrogens is 400 g/mol. The number of ether oxygens (including phenoxy) is 6. The average molecular weight is 433 g/mol. The fourth-order valence-electron chi connectivity index (χ4n) is 5.39. The number of fused-ring (bicyclic) bond motifs is 3. The normalized spacial score (nSPS) is 47.0. The van der Waals surface area contributed by atoms with Gasteiger partial charge in [0.15, 0.2) is 12.1 Å². The van der Waals surface area contributed by atoms with E-state index in [1.54, 1.807) is 13.2 Å². The molecule has 7 heteroatoms. The Morgan fingerprint density at radius 1 is 1.13 bits per heavy atom. The Hall–Kier alpha value is -1.32. The summed E-state index contributed by atoms with van der Waals surface area (Å²) >= 11 is 0. The zero-order chi connectivity index (χ0) is 21.6. The number of methoxy groups -OCH3 is 1. The van der Waals surface area contributed by atoms with Gasteiger partial charge in [0.2, 0.25) is 0 Å². The molecular formula is C24H32O7. The Morgan fingerprint density at radius 3 is 2.68 bits per heavy atom. The largest absolute Gasteiger partial charge is 0.390 e. The molecule has 1 aromatic rings. The molecule has 4 fully saturated rings. The van der Waals surface area contributed by atoms with E-state index in [9.17, 15) is 5.11 Å². The first-order chi connectivity index (χ1) is 15.0. The number of hydrogen-bond donors (Lipinski definition) is 1. The maximum Gasteiger partial charge on any atom is 0.197 e. The van der Waals surface area contributed by atoms with E-state index in [0.717, 1.165) is 5.56 Å². The van der Waals surface area contributed by atoms with Crippen LogP contribution in [0.5, 0.6) is 0 Å². The lowest BCUT2D eigenvalue weighted by molar-refractivity contribution is -0.409. The van der Waals surface area contributed by atoms with Gasteiger partial charge in [0.05, 0.1) is 37.1 Å². The summed E-state index contributed by atoms with van der Waals surface area (Å²) in [7, 11) is 1.63. The van der Waals surface area contributed by atoms with Gasteiger partial charge in [0, 0.05) is 31.9 Å². The molecule has 4 aliphatic rings. The fourth-order valence-corrected chi connectivity index (χ4v) is 5.39. The maximum absolute atomic E-state index is 10.6. The van der Waals surface area contributed by atoms with Crippen molar-refractivity contribution in [3.63, 3.8) is 0 Å². The summed E-state index contributed by atoms with van der Waals surface area (Å²) in [4.78, 5) is 0. The van der Waals surface area contributed by atoms with E-state index >= 15 is 0 Å². The smallest absolute Gasteiger partial charge is 0.197 e. The highest BCUT2D eigenvalue weighted by Gasteiger charge is 2.60. The van der Waals surface area contributed by atoms with Gasteiger partial charge in [-0.05, 0) is 13.3 Å². The van der Waals surface area contributed by atoms with Crippen molar-refractivity contribution in [2.75, 3.05) is 13.7 Å². The number of aliphatic hydroxyl groups excluding tert-OH is 1.